The number of fused-ring (bicyclic) bond motifs is 1. The normalized spacial score (nSPS) is 17.6. The maximum atomic E-state index is 12.5. The zero-order chi connectivity index (χ0) is 42.6. The van der Waals surface area contributed by atoms with Gasteiger partial charge in [0.05, 0.1) is 12.4 Å². The van der Waals surface area contributed by atoms with Crippen LogP contribution in [0.4, 0.5) is 11.8 Å². The molecule has 0 aliphatic carbocycles. The summed E-state index contributed by atoms with van der Waals surface area (Å²) in [6.45, 7) is 6.75. The lowest BCUT2D eigenvalue weighted by Gasteiger charge is -2.34. The molecule has 0 bridgehead atoms. The largest absolute Gasteiger partial charge is 0.469 e. The lowest BCUT2D eigenvalue weighted by Crippen LogP contribution is -2.42. The molecule has 3 unspecified atom stereocenters. The van der Waals surface area contributed by atoms with Gasteiger partial charge in [-0.2, -0.15) is 33.5 Å². The van der Waals surface area contributed by atoms with Crippen LogP contribution in [0.1, 0.15) is 220 Å². The van der Waals surface area contributed by atoms with E-state index in [9.17, 15) is 14.4 Å². The molecule has 0 radical (unpaired) electrons. The van der Waals surface area contributed by atoms with E-state index in [1.807, 2.05) is 11.8 Å². The van der Waals surface area contributed by atoms with Crippen LogP contribution in [0.2, 0.25) is 0 Å². The number of ether oxygens (including phenoxy) is 1. The molecule has 1 aliphatic heterocycles. The van der Waals surface area contributed by atoms with E-state index in [4.69, 9.17) is 20.7 Å². The Morgan fingerprint density at radius 2 is 1.15 bits per heavy atom. The predicted molar refractivity (Wildman–Crippen MR) is 253 cm³/mol. The van der Waals surface area contributed by atoms with E-state index in [1.54, 1.807) is 22.7 Å². The minimum atomic E-state index is -4.81. The first kappa shape index (κ1) is 52.3. The van der Waals surface area contributed by atoms with E-state index in [2.05, 4.69) is 35.7 Å². The number of phosphoric ester groups is 1. The highest BCUT2D eigenvalue weighted by atomic mass is 32.2. The van der Waals surface area contributed by atoms with Crippen molar-refractivity contribution in [3.8, 4) is 0 Å². The summed E-state index contributed by atoms with van der Waals surface area (Å²) >= 11 is 3.70. The van der Waals surface area contributed by atoms with Gasteiger partial charge in [0.25, 0.3) is 0 Å². The van der Waals surface area contributed by atoms with Gasteiger partial charge in [-0.3, -0.25) is 9.09 Å². The van der Waals surface area contributed by atoms with E-state index in [0.29, 0.717) is 24.0 Å². The zero-order valence-electron chi connectivity index (χ0n) is 37.4. The Balaban J connectivity index is 1.49. The molecule has 3 heterocycles. The molecular formula is C45H85N6O5PS2. The van der Waals surface area contributed by atoms with Crippen molar-refractivity contribution >= 4 is 54.3 Å². The second-order valence-electron chi connectivity index (χ2n) is 17.2. The van der Waals surface area contributed by atoms with Gasteiger partial charge in [-0.05, 0) is 37.2 Å². The third-order valence-electron chi connectivity index (χ3n) is 11.9. The van der Waals surface area contributed by atoms with Crippen LogP contribution in [-0.2, 0) is 13.8 Å². The number of hydrogen-bond acceptors (Lipinski definition) is 10. The first-order valence-electron chi connectivity index (χ1n) is 24.0. The molecule has 0 aromatic carbocycles. The van der Waals surface area contributed by atoms with Crippen molar-refractivity contribution in [3.05, 3.63) is 6.33 Å². The van der Waals surface area contributed by atoms with Gasteiger partial charge in [0.1, 0.15) is 17.8 Å². The van der Waals surface area contributed by atoms with Gasteiger partial charge in [0, 0.05) is 10.5 Å². The molecule has 1 aliphatic rings. The Labute approximate surface area is 367 Å². The zero-order valence-corrected chi connectivity index (χ0v) is 39.9. The fraction of sp³-hybridized carbons (Fsp3) is 0.889. The molecular weight excluding hydrogens is 800 g/mol. The fourth-order valence-electron chi connectivity index (χ4n) is 8.43. The summed E-state index contributed by atoms with van der Waals surface area (Å²) in [5, 5.41) is -0.0348. The van der Waals surface area contributed by atoms with Crippen molar-refractivity contribution in [2.24, 2.45) is 0 Å². The third-order valence-corrected chi connectivity index (χ3v) is 15.5. The van der Waals surface area contributed by atoms with Crippen molar-refractivity contribution in [3.63, 3.8) is 0 Å². The van der Waals surface area contributed by atoms with Gasteiger partial charge in [-0.25, -0.2) is 9.55 Å². The number of nitrogen functional groups attached to an aromatic ring is 2. The summed E-state index contributed by atoms with van der Waals surface area (Å²) in [6, 6.07) is 0. The van der Waals surface area contributed by atoms with E-state index < -0.39 is 26.3 Å². The van der Waals surface area contributed by atoms with Gasteiger partial charge in [0.2, 0.25) is 5.95 Å². The van der Waals surface area contributed by atoms with Crippen molar-refractivity contribution in [2.45, 2.75) is 242 Å². The van der Waals surface area contributed by atoms with Crippen LogP contribution in [0.3, 0.4) is 0 Å². The first-order chi connectivity index (χ1) is 28.6. The molecule has 14 heteroatoms. The number of rotatable bonds is 38. The SMILES string of the molecule is CCCCCCCCCCCCCCCCSC(C)C(SCCCCCCCCCCCCCCCC)C(OP(=O)(O)O)[C@@H]1CC[C@H](n2cnc3c(N)nc(N)nc32)O1. The van der Waals surface area contributed by atoms with E-state index in [1.165, 1.54) is 167 Å². The van der Waals surface area contributed by atoms with Crippen molar-refractivity contribution in [2.75, 3.05) is 23.0 Å². The standard InChI is InChI=1S/C45H85N6O5PS2/c1-4-6-8-10-12-14-16-18-20-22-24-26-28-30-34-58-37(3)42(59-35-31-29-27-25-23-21-19-17-15-13-11-9-7-5-2)41(56-57(52,53)54)38-32-33-39(55-38)51-36-48-40-43(46)49-45(47)50-44(40)51/h36-39,41-42H,4-35H2,1-3H3,(H2,52,53,54)(H4,46,47,49,50)/t37?,38-,39+,41?,42?/m0/s1. The topological polar surface area (TPSA) is 172 Å². The van der Waals surface area contributed by atoms with Gasteiger partial charge >= 0.3 is 7.82 Å². The maximum absolute atomic E-state index is 12.5. The molecule has 5 atom stereocenters. The molecule has 2 aromatic heterocycles. The first-order valence-corrected chi connectivity index (χ1v) is 27.7. The molecule has 1 saturated heterocycles. The van der Waals surface area contributed by atoms with Crippen LogP contribution in [0.5, 0.6) is 0 Å². The highest BCUT2D eigenvalue weighted by Gasteiger charge is 2.43. The number of thioether (sulfide) groups is 2. The molecule has 6 N–H and O–H groups in total. The monoisotopic (exact) mass is 885 g/mol. The number of unbranched alkanes of at least 4 members (excludes halogenated alkanes) is 26. The lowest BCUT2D eigenvalue weighted by molar-refractivity contribution is -0.0559. The van der Waals surface area contributed by atoms with Crippen LogP contribution in [0, 0.1) is 0 Å². The summed E-state index contributed by atoms with van der Waals surface area (Å²) in [5.41, 5.74) is 12.9. The molecule has 0 spiro atoms. The van der Waals surface area contributed by atoms with E-state index in [0.717, 1.165) is 24.3 Å². The maximum Gasteiger partial charge on any atom is 0.469 e. The average molecular weight is 885 g/mol. The molecule has 1 fully saturated rings. The van der Waals surface area contributed by atoms with E-state index in [-0.39, 0.29) is 22.3 Å². The number of anilines is 2. The number of nitrogens with two attached hydrogens (primary N) is 2. The summed E-state index contributed by atoms with van der Waals surface area (Å²) < 4.78 is 26.6. The Hall–Kier alpha value is -1.08. The minimum absolute atomic E-state index is 0.0543. The number of imidazole rings is 1. The quantitative estimate of drug-likeness (QED) is 0.0372. The molecule has 0 amide bonds. The molecule has 2 aromatic rings. The second-order valence-corrected chi connectivity index (χ2v) is 21.1. The van der Waals surface area contributed by atoms with Crippen LogP contribution < -0.4 is 11.5 Å². The van der Waals surface area contributed by atoms with Crippen LogP contribution in [0.15, 0.2) is 6.33 Å². The Morgan fingerprint density at radius 3 is 1.61 bits per heavy atom. The minimum Gasteiger partial charge on any atom is -0.382 e. The highest BCUT2D eigenvalue weighted by Crippen LogP contribution is 2.46. The van der Waals surface area contributed by atoms with Gasteiger partial charge < -0.3 is 26.0 Å². The van der Waals surface area contributed by atoms with Gasteiger partial charge in [-0.15, -0.1) is 0 Å². The molecule has 3 rings (SSSR count). The average Bonchev–Trinajstić information content (AvgIpc) is 3.86. The number of hydrogen-bond donors (Lipinski definition) is 4. The smallest absolute Gasteiger partial charge is 0.382 e. The van der Waals surface area contributed by atoms with Crippen LogP contribution in [-0.4, -0.2) is 63.5 Å². The fourth-order valence-corrected chi connectivity index (χ4v) is 12.0. The van der Waals surface area contributed by atoms with Crippen LogP contribution >= 0.6 is 31.3 Å². The third kappa shape index (κ3) is 22.2. The van der Waals surface area contributed by atoms with Crippen molar-refractivity contribution in [1.82, 2.24) is 19.5 Å². The second kappa shape index (κ2) is 31.7. The molecule has 11 nitrogen and oxygen atoms in total. The predicted octanol–water partition coefficient (Wildman–Crippen LogP) is 13.3. The Morgan fingerprint density at radius 1 is 0.712 bits per heavy atom. The summed E-state index contributed by atoms with van der Waals surface area (Å²) in [7, 11) is -4.81. The summed E-state index contributed by atoms with van der Waals surface area (Å²) in [6.07, 6.45) is 38.2. The molecule has 0 saturated carbocycles. The van der Waals surface area contributed by atoms with E-state index >= 15 is 0 Å². The van der Waals surface area contributed by atoms with Crippen molar-refractivity contribution < 1.29 is 23.6 Å². The summed E-state index contributed by atoms with van der Waals surface area (Å²) in [4.78, 5) is 33.2. The van der Waals surface area contributed by atoms with Crippen LogP contribution in [0.25, 0.3) is 11.2 Å². The van der Waals surface area contributed by atoms with Gasteiger partial charge in [0.15, 0.2) is 11.5 Å². The highest BCUT2D eigenvalue weighted by molar-refractivity contribution is 8.03. The summed E-state index contributed by atoms with van der Waals surface area (Å²) in [5.74, 6) is 2.20. The molecule has 342 valence electrons. The molecule has 59 heavy (non-hydrogen) atoms. The van der Waals surface area contributed by atoms with Crippen molar-refractivity contribution in [1.29, 1.82) is 0 Å². The Bertz CT molecular complexity index is 1400. The number of nitrogens with zero attached hydrogens (tertiary/aromatic N) is 4. The number of aromatic nitrogens is 4. The lowest BCUT2D eigenvalue weighted by atomic mass is 10.0. The van der Waals surface area contributed by atoms with Gasteiger partial charge in [-0.1, -0.05) is 188 Å². The number of phosphoric acid groups is 1. The Kier molecular flexibility index (Phi) is 28.1.